The molecule has 0 fully saturated rings. The molecule has 0 bridgehead atoms. The fourth-order valence-corrected chi connectivity index (χ4v) is 4.91. The maximum absolute atomic E-state index is 14.3. The smallest absolute Gasteiger partial charge is 0.338 e. The number of nitrogens with zero attached hydrogens (tertiary/aromatic N) is 2. The molecule has 42 heavy (non-hydrogen) atoms. The lowest BCUT2D eigenvalue weighted by atomic mass is 9.92. The predicted molar refractivity (Wildman–Crippen MR) is 159 cm³/mol. The molecule has 1 atom stereocenters. The van der Waals surface area contributed by atoms with E-state index in [2.05, 4.69) is 5.16 Å². The van der Waals surface area contributed by atoms with Crippen LogP contribution in [0.15, 0.2) is 126 Å². The number of carbonyl (C=O) groups is 2. The number of benzene rings is 4. The molecule has 212 valence electrons. The summed E-state index contributed by atoms with van der Waals surface area (Å²) in [6.07, 6.45) is 0. The molecule has 4 aromatic rings. The third kappa shape index (κ3) is 5.74. The average Bonchev–Trinajstić information content (AvgIpc) is 3.33. The van der Waals surface area contributed by atoms with Gasteiger partial charge in [0.15, 0.2) is 5.76 Å². The molecule has 8 heteroatoms. The molecule has 1 unspecified atom stereocenters. The summed E-state index contributed by atoms with van der Waals surface area (Å²) in [6.45, 7) is 2.13. The molecule has 1 N–H and O–H groups in total. The highest BCUT2D eigenvalue weighted by Crippen LogP contribution is 2.43. The van der Waals surface area contributed by atoms with Crippen LogP contribution in [-0.2, 0) is 20.9 Å². The Morgan fingerprint density at radius 2 is 1.48 bits per heavy atom. The molecule has 1 amide bonds. The molecule has 1 aliphatic heterocycles. The van der Waals surface area contributed by atoms with Gasteiger partial charge in [0.25, 0.3) is 5.91 Å². The summed E-state index contributed by atoms with van der Waals surface area (Å²) in [4.78, 5) is 28.2. The van der Waals surface area contributed by atoms with Crippen molar-refractivity contribution in [1.82, 2.24) is 0 Å². The fraction of sp³-hybridized carbons (Fsp3) is 0.147. The Hall–Kier alpha value is -5.37. The lowest BCUT2D eigenvalue weighted by molar-refractivity contribution is -0.118. The van der Waals surface area contributed by atoms with E-state index >= 15 is 0 Å². The van der Waals surface area contributed by atoms with Crippen LogP contribution in [0.4, 0.5) is 5.69 Å². The van der Waals surface area contributed by atoms with Crippen molar-refractivity contribution in [3.05, 3.63) is 143 Å². The number of amides is 1. The van der Waals surface area contributed by atoms with Gasteiger partial charge in [0.1, 0.15) is 18.1 Å². The van der Waals surface area contributed by atoms with Crippen molar-refractivity contribution < 1.29 is 29.0 Å². The molecule has 0 saturated heterocycles. The molecular weight excluding hydrogens is 532 g/mol. The third-order valence-corrected chi connectivity index (χ3v) is 6.91. The molecule has 0 spiro atoms. The Morgan fingerprint density at radius 3 is 2.07 bits per heavy atom. The van der Waals surface area contributed by atoms with E-state index in [9.17, 15) is 14.8 Å². The number of rotatable bonds is 10. The third-order valence-electron chi connectivity index (χ3n) is 6.91. The monoisotopic (exact) mass is 562 g/mol. The van der Waals surface area contributed by atoms with Crippen molar-refractivity contribution in [3.63, 3.8) is 0 Å². The van der Waals surface area contributed by atoms with E-state index in [-0.39, 0.29) is 24.7 Å². The average molecular weight is 563 g/mol. The van der Waals surface area contributed by atoms with Gasteiger partial charge >= 0.3 is 5.97 Å². The second-order valence-electron chi connectivity index (χ2n) is 9.45. The van der Waals surface area contributed by atoms with Crippen molar-refractivity contribution in [2.24, 2.45) is 5.16 Å². The first-order valence-corrected chi connectivity index (χ1v) is 13.5. The Bertz CT molecular complexity index is 1600. The SMILES string of the molecule is CCOC(=O)c1ccc(N2C(=O)C(OCc3ccccc3)=C(/C(=N\O)c3ccc(OC)cc3)C2c2ccccc2)cc1. The minimum atomic E-state index is -0.703. The summed E-state index contributed by atoms with van der Waals surface area (Å²) in [6, 6.07) is 31.9. The number of anilines is 1. The van der Waals surface area contributed by atoms with Crippen molar-refractivity contribution in [3.8, 4) is 5.75 Å². The highest BCUT2D eigenvalue weighted by Gasteiger charge is 2.45. The zero-order valence-corrected chi connectivity index (χ0v) is 23.3. The second kappa shape index (κ2) is 12.9. The Labute approximate surface area is 244 Å². The van der Waals surface area contributed by atoms with Crippen LogP contribution in [0.25, 0.3) is 0 Å². The molecular formula is C34H30N2O6. The van der Waals surface area contributed by atoms with Crippen LogP contribution in [0.3, 0.4) is 0 Å². The van der Waals surface area contributed by atoms with Crippen LogP contribution < -0.4 is 9.64 Å². The first-order chi connectivity index (χ1) is 20.5. The van der Waals surface area contributed by atoms with Crippen LogP contribution in [0.5, 0.6) is 5.75 Å². The van der Waals surface area contributed by atoms with Crippen LogP contribution in [0.2, 0.25) is 0 Å². The van der Waals surface area contributed by atoms with Crippen molar-refractivity contribution >= 4 is 23.3 Å². The molecule has 0 aromatic heterocycles. The zero-order valence-electron chi connectivity index (χ0n) is 23.3. The number of hydrogen-bond acceptors (Lipinski definition) is 7. The van der Waals surface area contributed by atoms with Gasteiger partial charge in [0.05, 0.1) is 30.9 Å². The minimum absolute atomic E-state index is 0.0609. The maximum atomic E-state index is 14.3. The van der Waals surface area contributed by atoms with Gasteiger partial charge in [-0.25, -0.2) is 4.79 Å². The highest BCUT2D eigenvalue weighted by molar-refractivity contribution is 6.23. The first kappa shape index (κ1) is 28.2. The van der Waals surface area contributed by atoms with Crippen molar-refractivity contribution in [2.75, 3.05) is 18.6 Å². The normalized spacial score (nSPS) is 15.1. The van der Waals surface area contributed by atoms with E-state index in [1.807, 2.05) is 60.7 Å². The van der Waals surface area contributed by atoms with Crippen LogP contribution >= 0.6 is 0 Å². The summed E-state index contributed by atoms with van der Waals surface area (Å²) in [7, 11) is 1.57. The molecule has 1 heterocycles. The number of ether oxygens (including phenoxy) is 3. The van der Waals surface area contributed by atoms with Gasteiger partial charge in [-0.3, -0.25) is 9.69 Å². The topological polar surface area (TPSA) is 97.7 Å². The van der Waals surface area contributed by atoms with Crippen molar-refractivity contribution in [1.29, 1.82) is 0 Å². The summed E-state index contributed by atoms with van der Waals surface area (Å²) < 4.78 is 16.7. The molecule has 8 nitrogen and oxygen atoms in total. The number of hydrogen-bond donors (Lipinski definition) is 1. The van der Waals surface area contributed by atoms with Gasteiger partial charge in [-0.1, -0.05) is 65.8 Å². The first-order valence-electron chi connectivity index (χ1n) is 13.5. The summed E-state index contributed by atoms with van der Waals surface area (Å²) >= 11 is 0. The van der Waals surface area contributed by atoms with Crippen LogP contribution in [0, 0.1) is 0 Å². The largest absolute Gasteiger partial charge is 0.497 e. The molecule has 0 aliphatic carbocycles. The number of esters is 1. The summed E-state index contributed by atoms with van der Waals surface area (Å²) in [5, 5.41) is 14.1. The van der Waals surface area contributed by atoms with Crippen LogP contribution in [0.1, 0.15) is 40.0 Å². The standard InChI is InChI=1S/C34H30N2O6/c1-3-41-34(38)26-14-18-27(19-15-26)36-31(25-12-8-5-9-13-25)29(30(35-39)24-16-20-28(40-2)21-17-24)32(33(36)37)42-22-23-10-6-4-7-11-23/h4-21,31,39H,3,22H2,1-2H3/b35-30-. The van der Waals surface area contributed by atoms with E-state index < -0.39 is 17.9 Å². The van der Waals surface area contributed by atoms with Gasteiger partial charge < -0.3 is 19.4 Å². The predicted octanol–water partition coefficient (Wildman–Crippen LogP) is 6.31. The van der Waals surface area contributed by atoms with Gasteiger partial charge in [-0.15, -0.1) is 0 Å². The van der Waals surface area contributed by atoms with E-state index in [1.54, 1.807) is 67.5 Å². The summed E-state index contributed by atoms with van der Waals surface area (Å²) in [5.74, 6) is -0.161. The molecule has 4 aromatic carbocycles. The number of oxime groups is 1. The van der Waals surface area contributed by atoms with Gasteiger partial charge in [0.2, 0.25) is 0 Å². The Morgan fingerprint density at radius 1 is 0.857 bits per heavy atom. The molecule has 5 rings (SSSR count). The highest BCUT2D eigenvalue weighted by atomic mass is 16.5. The second-order valence-corrected chi connectivity index (χ2v) is 9.45. The van der Waals surface area contributed by atoms with Gasteiger partial charge in [0, 0.05) is 11.3 Å². The zero-order chi connectivity index (χ0) is 29.5. The minimum Gasteiger partial charge on any atom is -0.497 e. The number of carbonyl (C=O) groups excluding carboxylic acids is 2. The molecule has 0 radical (unpaired) electrons. The lowest BCUT2D eigenvalue weighted by Crippen LogP contribution is -2.31. The van der Waals surface area contributed by atoms with Crippen molar-refractivity contribution in [2.45, 2.75) is 19.6 Å². The van der Waals surface area contributed by atoms with Gasteiger partial charge in [-0.2, -0.15) is 0 Å². The Balaban J connectivity index is 1.65. The number of methoxy groups -OCH3 is 1. The lowest BCUT2D eigenvalue weighted by Gasteiger charge is -2.27. The summed E-state index contributed by atoms with van der Waals surface area (Å²) in [5.41, 5.74) is 3.72. The maximum Gasteiger partial charge on any atom is 0.338 e. The fourth-order valence-electron chi connectivity index (χ4n) is 4.91. The van der Waals surface area contributed by atoms with Gasteiger partial charge in [-0.05, 0) is 66.6 Å². The van der Waals surface area contributed by atoms with Crippen LogP contribution in [-0.4, -0.2) is 36.5 Å². The Kier molecular flexibility index (Phi) is 8.63. The molecule has 0 saturated carbocycles. The van der Waals surface area contributed by atoms with E-state index in [0.29, 0.717) is 28.1 Å². The van der Waals surface area contributed by atoms with E-state index in [0.717, 1.165) is 11.1 Å². The quantitative estimate of drug-likeness (QED) is 0.105. The molecule has 1 aliphatic rings. The van der Waals surface area contributed by atoms with E-state index in [1.165, 1.54) is 0 Å². The van der Waals surface area contributed by atoms with E-state index in [4.69, 9.17) is 14.2 Å².